The Labute approximate surface area is 154 Å². The first kappa shape index (κ1) is 19.5. The van der Waals surface area contributed by atoms with Crippen molar-refractivity contribution in [3.05, 3.63) is 57.0 Å². The van der Waals surface area contributed by atoms with Crippen LogP contribution in [-0.4, -0.2) is 18.4 Å². The molecule has 0 radical (unpaired) electrons. The van der Waals surface area contributed by atoms with E-state index >= 15 is 0 Å². The molecule has 0 saturated carbocycles. The van der Waals surface area contributed by atoms with Crippen LogP contribution in [0, 0.1) is 11.6 Å². The van der Waals surface area contributed by atoms with Gasteiger partial charge >= 0.3 is 0 Å². The highest BCUT2D eigenvalue weighted by atomic mass is 79.9. The number of carbonyl (C=O) groups excluding carboxylic acids is 1. The van der Waals surface area contributed by atoms with Gasteiger partial charge in [-0.3, -0.25) is 4.79 Å². The van der Waals surface area contributed by atoms with E-state index in [2.05, 4.69) is 21.2 Å². The van der Waals surface area contributed by atoms with Gasteiger partial charge in [-0.1, -0.05) is 17.7 Å². The van der Waals surface area contributed by atoms with Crippen LogP contribution in [0.3, 0.4) is 0 Å². The average molecular weight is 441 g/mol. The van der Waals surface area contributed by atoms with Gasteiger partial charge < -0.3 is 10.1 Å². The Morgan fingerprint density at radius 2 is 1.96 bits per heavy atom. The first-order chi connectivity index (χ1) is 11.6. The summed E-state index contributed by atoms with van der Waals surface area (Å²) in [6.45, 7) is -0.393. The minimum atomic E-state index is -3.16. The molecule has 0 saturated heterocycles. The van der Waals surface area contributed by atoms with E-state index in [1.165, 1.54) is 12.1 Å². The van der Waals surface area contributed by atoms with E-state index < -0.39 is 30.1 Å². The maximum Gasteiger partial charge on any atom is 0.278 e. The first-order valence-corrected chi connectivity index (χ1v) is 8.00. The van der Waals surface area contributed by atoms with Crippen molar-refractivity contribution in [3.8, 4) is 5.75 Å². The molecule has 0 spiro atoms. The number of ether oxygens (including phenoxy) is 1. The second-order valence-corrected chi connectivity index (χ2v) is 6.43. The van der Waals surface area contributed by atoms with Gasteiger partial charge in [0.15, 0.2) is 6.61 Å². The number of benzene rings is 2. The Balaban J connectivity index is 2.36. The molecule has 0 bridgehead atoms. The molecule has 2 rings (SSSR count). The highest BCUT2D eigenvalue weighted by Crippen LogP contribution is 2.30. The smallest absolute Gasteiger partial charge is 0.278 e. The third kappa shape index (κ3) is 5.09. The Morgan fingerprint density at radius 3 is 2.56 bits per heavy atom. The number of halogens is 6. The summed E-state index contributed by atoms with van der Waals surface area (Å²) >= 11 is 8.70. The molecule has 0 heterocycles. The van der Waals surface area contributed by atoms with Crippen LogP contribution < -0.4 is 10.1 Å². The summed E-state index contributed by atoms with van der Waals surface area (Å²) in [5.74, 6) is -6.04. The van der Waals surface area contributed by atoms with Crippen LogP contribution in [0.2, 0.25) is 5.02 Å². The summed E-state index contributed by atoms with van der Waals surface area (Å²) in [5.41, 5.74) is -0.700. The number of alkyl halides is 2. The summed E-state index contributed by atoms with van der Waals surface area (Å²) in [4.78, 5) is 12.3. The van der Waals surface area contributed by atoms with E-state index in [-0.39, 0.29) is 26.5 Å². The van der Waals surface area contributed by atoms with Gasteiger partial charge in [0.2, 0.25) is 0 Å². The van der Waals surface area contributed by atoms with E-state index in [1.807, 2.05) is 0 Å². The SMILES string of the molecule is CC(F)(F)COc1cc(Br)c(F)cc1C(=O)Nc1c(F)cccc1Cl. The van der Waals surface area contributed by atoms with Crippen molar-refractivity contribution < 1.29 is 27.1 Å². The number of nitrogens with one attached hydrogen (secondary N) is 1. The Bertz CT molecular complexity index is 791. The third-order valence-corrected chi connectivity index (χ3v) is 3.87. The van der Waals surface area contributed by atoms with Gasteiger partial charge in [-0.15, -0.1) is 0 Å². The van der Waals surface area contributed by atoms with Gasteiger partial charge in [-0.05, 0) is 40.2 Å². The van der Waals surface area contributed by atoms with Crippen LogP contribution in [0.5, 0.6) is 5.75 Å². The highest BCUT2D eigenvalue weighted by Gasteiger charge is 2.25. The molecule has 0 aliphatic rings. The summed E-state index contributed by atoms with van der Waals surface area (Å²) in [5, 5.41) is 2.11. The lowest BCUT2D eigenvalue weighted by Gasteiger charge is -2.16. The maximum absolute atomic E-state index is 13.8. The number of amides is 1. The molecule has 1 amide bonds. The zero-order valence-corrected chi connectivity index (χ0v) is 15.0. The van der Waals surface area contributed by atoms with Gasteiger partial charge in [0.05, 0.1) is 20.7 Å². The molecule has 1 N–H and O–H groups in total. The molecule has 2 aromatic carbocycles. The van der Waals surface area contributed by atoms with Crippen LogP contribution in [-0.2, 0) is 0 Å². The summed E-state index contributed by atoms with van der Waals surface area (Å²) in [7, 11) is 0. The molecular formula is C16H11BrClF4NO2. The minimum absolute atomic E-state index is 0.0755. The average Bonchev–Trinajstić information content (AvgIpc) is 2.51. The largest absolute Gasteiger partial charge is 0.486 e. The molecule has 0 unspecified atom stereocenters. The molecule has 2 aromatic rings. The lowest BCUT2D eigenvalue weighted by atomic mass is 10.1. The van der Waals surface area contributed by atoms with Crippen LogP contribution in [0.25, 0.3) is 0 Å². The summed E-state index contributed by atoms with van der Waals surface area (Å²) < 4.78 is 58.4. The Kier molecular flexibility index (Phi) is 5.95. The van der Waals surface area contributed by atoms with Gasteiger partial charge in [0, 0.05) is 6.92 Å². The molecule has 0 atom stereocenters. The molecule has 9 heteroatoms. The van der Waals surface area contributed by atoms with Crippen molar-refractivity contribution in [2.45, 2.75) is 12.8 Å². The van der Waals surface area contributed by atoms with Crippen molar-refractivity contribution in [2.75, 3.05) is 11.9 Å². The normalized spacial score (nSPS) is 11.3. The Morgan fingerprint density at radius 1 is 1.28 bits per heavy atom. The molecule has 25 heavy (non-hydrogen) atoms. The van der Waals surface area contributed by atoms with E-state index in [4.69, 9.17) is 16.3 Å². The number of hydrogen-bond donors (Lipinski definition) is 1. The van der Waals surface area contributed by atoms with Crippen LogP contribution >= 0.6 is 27.5 Å². The first-order valence-electron chi connectivity index (χ1n) is 6.83. The second-order valence-electron chi connectivity index (χ2n) is 5.17. The maximum atomic E-state index is 13.8. The number of carbonyl (C=O) groups is 1. The zero-order chi connectivity index (χ0) is 18.8. The molecule has 0 aromatic heterocycles. The van der Waals surface area contributed by atoms with Crippen molar-refractivity contribution in [1.82, 2.24) is 0 Å². The van der Waals surface area contributed by atoms with Gasteiger partial charge in [-0.2, -0.15) is 0 Å². The summed E-state index contributed by atoms with van der Waals surface area (Å²) in [6, 6.07) is 5.58. The van der Waals surface area contributed by atoms with Crippen molar-refractivity contribution >= 4 is 39.1 Å². The quantitative estimate of drug-likeness (QED) is 0.609. The summed E-state index contributed by atoms with van der Waals surface area (Å²) in [6.07, 6.45) is 0. The molecular weight excluding hydrogens is 430 g/mol. The standard InChI is InChI=1S/C16H11BrClF4NO2/c1-16(21,22)7-25-13-6-9(17)12(20)5-8(13)15(24)23-14-10(18)3-2-4-11(14)19/h2-6H,7H2,1H3,(H,23,24). The van der Waals surface area contributed by atoms with E-state index in [1.54, 1.807) is 0 Å². The van der Waals surface area contributed by atoms with Gasteiger partial charge in [-0.25, -0.2) is 17.6 Å². The lowest BCUT2D eigenvalue weighted by molar-refractivity contribution is -0.0231. The number of rotatable bonds is 5. The molecule has 0 aliphatic carbocycles. The molecule has 0 aliphatic heterocycles. The van der Waals surface area contributed by atoms with Crippen molar-refractivity contribution in [3.63, 3.8) is 0 Å². The fourth-order valence-corrected chi connectivity index (χ4v) is 2.36. The fourth-order valence-electron chi connectivity index (χ4n) is 1.83. The molecule has 0 fully saturated rings. The van der Waals surface area contributed by atoms with E-state index in [9.17, 15) is 22.4 Å². The van der Waals surface area contributed by atoms with Crippen LogP contribution in [0.4, 0.5) is 23.2 Å². The van der Waals surface area contributed by atoms with E-state index in [0.717, 1.165) is 18.2 Å². The monoisotopic (exact) mass is 439 g/mol. The second kappa shape index (κ2) is 7.61. The topological polar surface area (TPSA) is 38.3 Å². The highest BCUT2D eigenvalue weighted by molar-refractivity contribution is 9.10. The van der Waals surface area contributed by atoms with Crippen LogP contribution in [0.15, 0.2) is 34.8 Å². The zero-order valence-electron chi connectivity index (χ0n) is 12.7. The van der Waals surface area contributed by atoms with Crippen LogP contribution in [0.1, 0.15) is 17.3 Å². The van der Waals surface area contributed by atoms with Gasteiger partial charge in [0.1, 0.15) is 17.4 Å². The predicted octanol–water partition coefficient (Wildman–Crippen LogP) is 5.67. The van der Waals surface area contributed by atoms with E-state index in [0.29, 0.717) is 6.92 Å². The minimum Gasteiger partial charge on any atom is -0.486 e. The number of hydrogen-bond acceptors (Lipinski definition) is 2. The number of anilines is 1. The fraction of sp³-hybridized carbons (Fsp3) is 0.188. The third-order valence-electron chi connectivity index (χ3n) is 2.95. The molecule has 3 nitrogen and oxygen atoms in total. The molecule has 134 valence electrons. The number of para-hydroxylation sites is 1. The van der Waals surface area contributed by atoms with Crippen molar-refractivity contribution in [1.29, 1.82) is 0 Å². The van der Waals surface area contributed by atoms with Gasteiger partial charge in [0.25, 0.3) is 11.8 Å². The Hall–Kier alpha value is -1.80. The lowest BCUT2D eigenvalue weighted by Crippen LogP contribution is -2.23. The predicted molar refractivity (Wildman–Crippen MR) is 89.6 cm³/mol. The van der Waals surface area contributed by atoms with Crippen molar-refractivity contribution in [2.24, 2.45) is 0 Å².